The minimum absolute atomic E-state index is 0.0810. The fraction of sp³-hybridized carbons (Fsp3) is 0.294. The lowest BCUT2D eigenvalue weighted by Crippen LogP contribution is -2.60. The highest BCUT2D eigenvalue weighted by molar-refractivity contribution is 6.58. The molecule has 2 aliphatic carbocycles. The second kappa shape index (κ2) is 10.1. The number of anilines is 2. The van der Waals surface area contributed by atoms with E-state index in [-0.39, 0.29) is 29.8 Å². The van der Waals surface area contributed by atoms with E-state index >= 15 is 0 Å². The van der Waals surface area contributed by atoms with Crippen molar-refractivity contribution < 1.29 is 28.7 Å². The summed E-state index contributed by atoms with van der Waals surface area (Å²) in [6.45, 7) is 3.50. The number of fused-ring (bicyclic) bond motifs is 4. The van der Waals surface area contributed by atoms with Gasteiger partial charge in [0.1, 0.15) is 11.6 Å². The largest absolute Gasteiger partial charge is 0.507 e. The van der Waals surface area contributed by atoms with Crippen molar-refractivity contribution in [3.8, 4) is 5.75 Å². The third-order valence-corrected chi connectivity index (χ3v) is 11.7. The molecule has 3 aromatic carbocycles. The lowest BCUT2D eigenvalue weighted by molar-refractivity contribution is -0.125. The molecule has 2 saturated heterocycles. The van der Waals surface area contributed by atoms with E-state index in [2.05, 4.69) is 0 Å². The van der Waals surface area contributed by atoms with Gasteiger partial charge >= 0.3 is 0 Å². The normalized spacial score (nSPS) is 30.8. The number of imide groups is 2. The summed E-state index contributed by atoms with van der Waals surface area (Å²) < 4.78 is 13.8. The van der Waals surface area contributed by atoms with Crippen LogP contribution in [-0.2, 0) is 19.2 Å². The predicted molar refractivity (Wildman–Crippen MR) is 168 cm³/mol. The molecule has 4 amide bonds. The van der Waals surface area contributed by atoms with E-state index in [1.165, 1.54) is 12.1 Å². The first kappa shape index (κ1) is 30.0. The van der Waals surface area contributed by atoms with Crippen molar-refractivity contribution in [2.24, 2.45) is 17.8 Å². The van der Waals surface area contributed by atoms with E-state index in [4.69, 9.17) is 34.8 Å². The van der Waals surface area contributed by atoms with E-state index in [1.54, 1.807) is 49.4 Å². The zero-order valence-electron chi connectivity index (χ0n) is 24.1. The van der Waals surface area contributed by atoms with Crippen LogP contribution in [0.5, 0.6) is 5.75 Å². The lowest BCUT2D eigenvalue weighted by atomic mass is 9.56. The Morgan fingerprint density at radius 2 is 1.53 bits per heavy atom. The molecule has 1 N–H and O–H groups in total. The van der Waals surface area contributed by atoms with Crippen LogP contribution < -0.4 is 9.80 Å². The Labute approximate surface area is 273 Å². The van der Waals surface area contributed by atoms with E-state index < -0.39 is 62.9 Å². The molecule has 3 aromatic rings. The van der Waals surface area contributed by atoms with Crippen LogP contribution in [0.1, 0.15) is 35.4 Å². The van der Waals surface area contributed by atoms with Crippen LogP contribution in [0.15, 0.2) is 72.3 Å². The number of phenols is 1. The SMILES string of the molecule is Cc1ccc(N2C(=O)[C@H]3[C@H](CC=C4[C@H]3C[C@@]3(Cl)C(=O)N(c5ccc(F)cc5)C(=O)[C@@]3(Cl)[C@H]4c3cccc(C)c3O)C2=O)cc1Cl. The molecule has 4 aliphatic rings. The van der Waals surface area contributed by atoms with Gasteiger partial charge in [0.2, 0.25) is 11.8 Å². The number of rotatable bonds is 3. The van der Waals surface area contributed by atoms with Gasteiger partial charge in [-0.3, -0.25) is 19.2 Å². The molecule has 0 spiro atoms. The van der Waals surface area contributed by atoms with Crippen LogP contribution in [0.25, 0.3) is 0 Å². The zero-order chi connectivity index (χ0) is 32.2. The molecule has 0 aromatic heterocycles. The Kier molecular flexibility index (Phi) is 6.75. The number of phenolic OH excluding ortho intramolecular Hbond substituents is 1. The first-order chi connectivity index (χ1) is 21.3. The first-order valence-electron chi connectivity index (χ1n) is 14.5. The summed E-state index contributed by atoms with van der Waals surface area (Å²) in [7, 11) is 0. The van der Waals surface area contributed by atoms with Gasteiger partial charge in [0.15, 0.2) is 9.75 Å². The van der Waals surface area contributed by atoms with E-state index in [0.717, 1.165) is 27.5 Å². The fourth-order valence-electron chi connectivity index (χ4n) is 7.63. The Morgan fingerprint density at radius 3 is 2.22 bits per heavy atom. The maximum atomic E-state index is 14.4. The van der Waals surface area contributed by atoms with E-state index in [0.29, 0.717) is 21.8 Å². The molecule has 2 aliphatic heterocycles. The van der Waals surface area contributed by atoms with E-state index in [1.807, 2.05) is 6.92 Å². The number of para-hydroxylation sites is 1. The highest BCUT2D eigenvalue weighted by Crippen LogP contribution is 2.66. The van der Waals surface area contributed by atoms with Gasteiger partial charge in [-0.15, -0.1) is 23.2 Å². The number of benzene rings is 3. The second-order valence-corrected chi connectivity index (χ2v) is 13.9. The third-order valence-electron chi connectivity index (χ3n) is 9.89. The smallest absolute Gasteiger partial charge is 0.258 e. The van der Waals surface area contributed by atoms with Gasteiger partial charge in [-0.25, -0.2) is 14.2 Å². The minimum atomic E-state index is -2.13. The number of hydrogen-bond donors (Lipinski definition) is 1. The van der Waals surface area contributed by atoms with Gasteiger partial charge in [-0.05, 0) is 80.1 Å². The van der Waals surface area contributed by atoms with Crippen LogP contribution in [0.4, 0.5) is 15.8 Å². The first-order valence-corrected chi connectivity index (χ1v) is 15.6. The van der Waals surface area contributed by atoms with Gasteiger partial charge in [0.25, 0.3) is 11.8 Å². The summed E-state index contributed by atoms with van der Waals surface area (Å²) in [5, 5.41) is 11.7. The number of aryl methyl sites for hydroxylation is 2. The van der Waals surface area contributed by atoms with Crippen LogP contribution in [0, 0.1) is 37.4 Å². The van der Waals surface area contributed by atoms with Crippen molar-refractivity contribution in [3.63, 3.8) is 0 Å². The molecule has 11 heteroatoms. The molecular weight excluding hydrogens is 642 g/mol. The molecule has 0 radical (unpaired) electrons. The maximum absolute atomic E-state index is 14.4. The summed E-state index contributed by atoms with van der Waals surface area (Å²) in [6.07, 6.45) is 1.75. The number of carbonyl (C=O) groups excluding carboxylic acids is 4. The molecule has 6 atom stereocenters. The molecule has 230 valence electrons. The van der Waals surface area contributed by atoms with E-state index in [9.17, 15) is 28.7 Å². The van der Waals surface area contributed by atoms with Crippen molar-refractivity contribution in [2.45, 2.75) is 42.4 Å². The van der Waals surface area contributed by atoms with Crippen LogP contribution in [0.2, 0.25) is 5.02 Å². The van der Waals surface area contributed by atoms with Crippen molar-refractivity contribution in [3.05, 3.63) is 99.8 Å². The number of allylic oxidation sites excluding steroid dienone is 2. The lowest BCUT2D eigenvalue weighted by Gasteiger charge is -2.50. The second-order valence-electron chi connectivity index (χ2n) is 12.2. The monoisotopic (exact) mass is 666 g/mol. The molecule has 45 heavy (non-hydrogen) atoms. The third kappa shape index (κ3) is 3.95. The number of aromatic hydroxyl groups is 1. The van der Waals surface area contributed by atoms with Crippen molar-refractivity contribution in [1.29, 1.82) is 0 Å². The van der Waals surface area contributed by atoms with Crippen molar-refractivity contribution >= 4 is 69.8 Å². The highest BCUT2D eigenvalue weighted by atomic mass is 35.5. The van der Waals surface area contributed by atoms with Crippen LogP contribution in [-0.4, -0.2) is 38.5 Å². The number of alkyl halides is 2. The molecule has 3 fully saturated rings. The van der Waals surface area contributed by atoms with Gasteiger partial charge in [-0.2, -0.15) is 0 Å². The summed E-state index contributed by atoms with van der Waals surface area (Å²) >= 11 is 21.1. The molecule has 0 bridgehead atoms. The van der Waals surface area contributed by atoms with Gasteiger partial charge in [-0.1, -0.05) is 47.5 Å². The maximum Gasteiger partial charge on any atom is 0.258 e. The van der Waals surface area contributed by atoms with Gasteiger partial charge in [0, 0.05) is 16.5 Å². The van der Waals surface area contributed by atoms with Gasteiger partial charge in [0.05, 0.1) is 23.2 Å². The topological polar surface area (TPSA) is 95.0 Å². The molecule has 7 rings (SSSR count). The van der Waals surface area contributed by atoms with Gasteiger partial charge < -0.3 is 5.11 Å². The molecule has 0 unspecified atom stereocenters. The molecule has 1 saturated carbocycles. The predicted octanol–water partition coefficient (Wildman–Crippen LogP) is 6.57. The summed E-state index contributed by atoms with van der Waals surface area (Å²) in [5.74, 6) is -6.78. The number of amides is 4. The highest BCUT2D eigenvalue weighted by Gasteiger charge is 2.77. The number of halogens is 4. The minimum Gasteiger partial charge on any atom is -0.507 e. The summed E-state index contributed by atoms with van der Waals surface area (Å²) in [5.41, 5.74) is 2.53. The summed E-state index contributed by atoms with van der Waals surface area (Å²) in [4.78, 5) is 54.5. The fourth-order valence-corrected chi connectivity index (χ4v) is 8.74. The Bertz CT molecular complexity index is 1880. The number of nitrogens with zero attached hydrogens (tertiary/aromatic N) is 2. The summed E-state index contributed by atoms with van der Waals surface area (Å²) in [6, 6.07) is 14.8. The standard InChI is InChI=1S/C34H26Cl3FN2O5/c1-16-6-9-20(14-25(16)35)39-29(42)22-13-12-21-24(26(22)30(39)43)15-33(36)31(44)40(19-10-7-18(38)8-11-19)32(45)34(33,37)27(21)23-5-3-4-17(2)28(23)41/h3-12,14,22,24,26-27,41H,13,15H2,1-2H3/t22-,24+,26-,27+,33+,34-/m0/s1. The molecule has 7 nitrogen and oxygen atoms in total. The Hall–Kier alpha value is -3.72. The van der Waals surface area contributed by atoms with Crippen molar-refractivity contribution in [1.82, 2.24) is 0 Å². The molecular formula is C34H26Cl3FN2O5. The Morgan fingerprint density at radius 1 is 0.844 bits per heavy atom. The van der Waals surface area contributed by atoms with Crippen LogP contribution >= 0.6 is 34.8 Å². The van der Waals surface area contributed by atoms with Crippen molar-refractivity contribution in [2.75, 3.05) is 9.80 Å². The van der Waals surface area contributed by atoms with Crippen LogP contribution in [0.3, 0.4) is 0 Å². The Balaban J connectivity index is 1.41. The number of carbonyl (C=O) groups is 4. The number of hydrogen-bond acceptors (Lipinski definition) is 5. The average Bonchev–Trinajstić information content (AvgIpc) is 3.35. The molecule has 2 heterocycles. The zero-order valence-corrected chi connectivity index (χ0v) is 26.3. The average molecular weight is 668 g/mol. The quantitative estimate of drug-likeness (QED) is 0.194.